The summed E-state index contributed by atoms with van der Waals surface area (Å²) < 4.78 is 0. The first-order valence-corrected chi connectivity index (χ1v) is 6.71. The zero-order chi connectivity index (χ0) is 14.7. The van der Waals surface area contributed by atoms with Crippen LogP contribution in [0.2, 0.25) is 0 Å². The number of nitrogen functional groups attached to an aromatic ring is 1. The molecule has 0 bridgehead atoms. The van der Waals surface area contributed by atoms with Crippen LogP contribution in [0.4, 0.5) is 11.4 Å². The highest BCUT2D eigenvalue weighted by Gasteiger charge is 2.11. The SMILES string of the molecule is Cc1ccc(C(C)C)c(O)c1C=Nc1ccccc1N. The maximum atomic E-state index is 10.4. The van der Waals surface area contributed by atoms with Gasteiger partial charge in [-0.05, 0) is 36.1 Å². The molecule has 0 radical (unpaired) electrons. The minimum Gasteiger partial charge on any atom is -0.507 e. The summed E-state index contributed by atoms with van der Waals surface area (Å²) >= 11 is 0. The van der Waals surface area contributed by atoms with Gasteiger partial charge < -0.3 is 10.8 Å². The zero-order valence-corrected chi connectivity index (χ0v) is 12.1. The topological polar surface area (TPSA) is 58.6 Å². The number of nitrogens with two attached hydrogens (primary N) is 1. The first-order valence-electron chi connectivity index (χ1n) is 6.71. The van der Waals surface area contributed by atoms with Crippen LogP contribution >= 0.6 is 0 Å². The number of aliphatic imine (C=N–C) groups is 1. The second-order valence-corrected chi connectivity index (χ2v) is 5.21. The minimum atomic E-state index is 0.268. The van der Waals surface area contributed by atoms with E-state index in [1.54, 1.807) is 6.21 Å². The Morgan fingerprint density at radius 3 is 2.50 bits per heavy atom. The molecule has 3 heteroatoms. The normalized spacial score (nSPS) is 11.4. The van der Waals surface area contributed by atoms with Crippen molar-refractivity contribution < 1.29 is 5.11 Å². The second kappa shape index (κ2) is 5.78. The molecule has 0 atom stereocenters. The van der Waals surface area contributed by atoms with Crippen LogP contribution in [-0.2, 0) is 0 Å². The Hall–Kier alpha value is -2.29. The van der Waals surface area contributed by atoms with Crippen LogP contribution in [0.3, 0.4) is 0 Å². The molecule has 2 aromatic carbocycles. The van der Waals surface area contributed by atoms with E-state index < -0.39 is 0 Å². The van der Waals surface area contributed by atoms with Gasteiger partial charge in [-0.15, -0.1) is 0 Å². The predicted molar refractivity (Wildman–Crippen MR) is 85.0 cm³/mol. The van der Waals surface area contributed by atoms with Gasteiger partial charge in [0.05, 0.1) is 11.4 Å². The highest BCUT2D eigenvalue weighted by Crippen LogP contribution is 2.31. The highest BCUT2D eigenvalue weighted by molar-refractivity contribution is 5.89. The fraction of sp³-hybridized carbons (Fsp3) is 0.235. The minimum absolute atomic E-state index is 0.268. The van der Waals surface area contributed by atoms with Gasteiger partial charge >= 0.3 is 0 Å². The Morgan fingerprint density at radius 2 is 1.85 bits per heavy atom. The summed E-state index contributed by atoms with van der Waals surface area (Å²) in [4.78, 5) is 4.39. The Kier molecular flexibility index (Phi) is 4.08. The van der Waals surface area contributed by atoms with Crippen molar-refractivity contribution >= 4 is 17.6 Å². The Labute approximate surface area is 119 Å². The van der Waals surface area contributed by atoms with Crippen molar-refractivity contribution in [3.8, 4) is 5.75 Å². The lowest BCUT2D eigenvalue weighted by atomic mass is 9.96. The standard InChI is InChI=1S/C17H20N2O/c1-11(2)13-9-8-12(3)14(17(13)20)10-19-16-7-5-4-6-15(16)18/h4-11,20H,18H2,1-3H3. The number of nitrogens with zero attached hydrogens (tertiary/aromatic N) is 1. The van der Waals surface area contributed by atoms with E-state index in [0.717, 1.165) is 16.7 Å². The molecule has 0 aliphatic heterocycles. The van der Waals surface area contributed by atoms with E-state index in [9.17, 15) is 5.11 Å². The van der Waals surface area contributed by atoms with Crippen molar-refractivity contribution in [1.29, 1.82) is 0 Å². The zero-order valence-electron chi connectivity index (χ0n) is 12.1. The predicted octanol–water partition coefficient (Wildman–Crippen LogP) is 4.16. The fourth-order valence-corrected chi connectivity index (χ4v) is 2.09. The lowest BCUT2D eigenvalue weighted by Crippen LogP contribution is -1.95. The van der Waals surface area contributed by atoms with Crippen molar-refractivity contribution in [2.24, 2.45) is 4.99 Å². The van der Waals surface area contributed by atoms with Crippen LogP contribution in [0.25, 0.3) is 0 Å². The number of hydrogen-bond acceptors (Lipinski definition) is 3. The van der Waals surface area contributed by atoms with Crippen molar-refractivity contribution in [2.75, 3.05) is 5.73 Å². The number of phenolic OH excluding ortho intramolecular Hbond substituents is 1. The summed E-state index contributed by atoms with van der Waals surface area (Å²) in [5.74, 6) is 0.572. The van der Waals surface area contributed by atoms with Crippen LogP contribution in [0.1, 0.15) is 36.5 Å². The maximum absolute atomic E-state index is 10.4. The van der Waals surface area contributed by atoms with E-state index in [2.05, 4.69) is 18.8 Å². The molecule has 0 amide bonds. The number of benzene rings is 2. The van der Waals surface area contributed by atoms with Crippen LogP contribution < -0.4 is 5.73 Å². The number of phenols is 1. The van der Waals surface area contributed by atoms with Gasteiger partial charge in [-0.3, -0.25) is 4.99 Å². The Bertz CT molecular complexity index is 645. The monoisotopic (exact) mass is 268 g/mol. The number of aryl methyl sites for hydroxylation is 1. The van der Waals surface area contributed by atoms with Gasteiger partial charge in [0.15, 0.2) is 0 Å². The van der Waals surface area contributed by atoms with E-state index >= 15 is 0 Å². The third kappa shape index (κ3) is 2.82. The van der Waals surface area contributed by atoms with Crippen LogP contribution in [-0.4, -0.2) is 11.3 Å². The lowest BCUT2D eigenvalue weighted by molar-refractivity contribution is 0.463. The fourth-order valence-electron chi connectivity index (χ4n) is 2.09. The average Bonchev–Trinajstić information content (AvgIpc) is 2.40. The van der Waals surface area contributed by atoms with Gasteiger partial charge in [0.1, 0.15) is 5.75 Å². The molecule has 0 aliphatic rings. The second-order valence-electron chi connectivity index (χ2n) is 5.21. The summed E-state index contributed by atoms with van der Waals surface area (Å²) in [5, 5.41) is 10.4. The summed E-state index contributed by atoms with van der Waals surface area (Å²) in [6.45, 7) is 6.07. The van der Waals surface area contributed by atoms with Gasteiger partial charge in [0, 0.05) is 11.8 Å². The van der Waals surface area contributed by atoms with Gasteiger partial charge in [-0.1, -0.05) is 38.1 Å². The first kappa shape index (κ1) is 14.1. The van der Waals surface area contributed by atoms with E-state index in [0.29, 0.717) is 17.1 Å². The molecular weight excluding hydrogens is 248 g/mol. The van der Waals surface area contributed by atoms with Gasteiger partial charge in [-0.25, -0.2) is 0 Å². The molecule has 104 valence electrons. The summed E-state index contributed by atoms with van der Waals surface area (Å²) in [6.07, 6.45) is 1.68. The molecule has 3 nitrogen and oxygen atoms in total. The van der Waals surface area contributed by atoms with E-state index in [-0.39, 0.29) is 5.92 Å². The molecule has 0 aromatic heterocycles. The third-order valence-corrected chi connectivity index (χ3v) is 3.36. The molecule has 0 saturated heterocycles. The van der Waals surface area contributed by atoms with Crippen LogP contribution in [0, 0.1) is 6.92 Å². The molecule has 0 spiro atoms. The van der Waals surface area contributed by atoms with Gasteiger partial charge in [0.2, 0.25) is 0 Å². The van der Waals surface area contributed by atoms with Crippen molar-refractivity contribution in [3.05, 3.63) is 53.1 Å². The van der Waals surface area contributed by atoms with Crippen LogP contribution in [0.5, 0.6) is 5.75 Å². The van der Waals surface area contributed by atoms with Crippen molar-refractivity contribution in [3.63, 3.8) is 0 Å². The van der Waals surface area contributed by atoms with Crippen molar-refractivity contribution in [2.45, 2.75) is 26.7 Å². The molecule has 0 fully saturated rings. The number of para-hydroxylation sites is 2. The highest BCUT2D eigenvalue weighted by atomic mass is 16.3. The lowest BCUT2D eigenvalue weighted by Gasteiger charge is -2.12. The van der Waals surface area contributed by atoms with Crippen molar-refractivity contribution in [1.82, 2.24) is 0 Å². The van der Waals surface area contributed by atoms with Crippen LogP contribution in [0.15, 0.2) is 41.4 Å². The maximum Gasteiger partial charge on any atom is 0.128 e. The molecule has 2 aromatic rings. The molecular formula is C17H20N2O. The van der Waals surface area contributed by atoms with E-state index in [4.69, 9.17) is 5.73 Å². The summed E-state index contributed by atoms with van der Waals surface area (Å²) in [6, 6.07) is 11.4. The number of rotatable bonds is 3. The molecule has 0 unspecified atom stereocenters. The van der Waals surface area contributed by atoms with Gasteiger partial charge in [0.25, 0.3) is 0 Å². The van der Waals surface area contributed by atoms with E-state index in [1.807, 2.05) is 43.3 Å². The number of aromatic hydroxyl groups is 1. The first-order chi connectivity index (χ1) is 9.50. The number of hydrogen-bond donors (Lipinski definition) is 2. The molecule has 2 rings (SSSR count). The molecule has 0 saturated carbocycles. The third-order valence-electron chi connectivity index (χ3n) is 3.36. The number of anilines is 1. The smallest absolute Gasteiger partial charge is 0.128 e. The Balaban J connectivity index is 2.44. The van der Waals surface area contributed by atoms with E-state index in [1.165, 1.54) is 0 Å². The molecule has 20 heavy (non-hydrogen) atoms. The molecule has 0 aliphatic carbocycles. The summed E-state index contributed by atoms with van der Waals surface area (Å²) in [7, 11) is 0. The summed E-state index contributed by atoms with van der Waals surface area (Å²) in [5.41, 5.74) is 9.87. The largest absolute Gasteiger partial charge is 0.507 e. The molecule has 0 heterocycles. The Morgan fingerprint density at radius 1 is 1.15 bits per heavy atom. The van der Waals surface area contributed by atoms with Gasteiger partial charge in [-0.2, -0.15) is 0 Å². The average molecular weight is 268 g/mol. The quantitative estimate of drug-likeness (QED) is 0.648. The molecule has 3 N–H and O–H groups in total.